The largest absolute Gasteiger partial charge is 0.455 e. The molecule has 1 N–H and O–H groups in total. The van der Waals surface area contributed by atoms with Crippen molar-refractivity contribution in [2.45, 2.75) is 32.9 Å². The van der Waals surface area contributed by atoms with Crippen molar-refractivity contribution in [3.05, 3.63) is 35.9 Å². The first kappa shape index (κ1) is 16.1. The number of carbonyl (C=O) groups excluding carboxylic acids is 2. The maximum atomic E-state index is 13.3. The lowest BCUT2D eigenvalue weighted by atomic mass is 10.0. The molecule has 0 bridgehead atoms. The summed E-state index contributed by atoms with van der Waals surface area (Å²) in [6.45, 7) is 3.88. The van der Waals surface area contributed by atoms with Crippen LogP contribution in [0.25, 0.3) is 0 Å². The summed E-state index contributed by atoms with van der Waals surface area (Å²) in [5.41, 5.74) is 0.648. The van der Waals surface area contributed by atoms with Gasteiger partial charge >= 0.3 is 5.97 Å². The van der Waals surface area contributed by atoms with Gasteiger partial charge in [-0.1, -0.05) is 44.2 Å². The van der Waals surface area contributed by atoms with Gasteiger partial charge in [0.25, 0.3) is 0 Å². The minimum absolute atomic E-state index is 0.266. The number of rotatable bonds is 6. The van der Waals surface area contributed by atoms with Crippen LogP contribution in [0.1, 0.15) is 32.4 Å². The highest BCUT2D eigenvalue weighted by Gasteiger charge is 2.28. The van der Waals surface area contributed by atoms with Crippen molar-refractivity contribution in [1.82, 2.24) is 5.32 Å². The van der Waals surface area contributed by atoms with Gasteiger partial charge in [0.15, 0.2) is 0 Å². The van der Waals surface area contributed by atoms with Crippen LogP contribution < -0.4 is 5.32 Å². The van der Waals surface area contributed by atoms with E-state index < -0.39 is 24.8 Å². The highest BCUT2D eigenvalue weighted by atomic mass is 19.1. The van der Waals surface area contributed by atoms with Crippen LogP contribution in [0.5, 0.6) is 0 Å². The van der Waals surface area contributed by atoms with Gasteiger partial charge in [0, 0.05) is 12.8 Å². The van der Waals surface area contributed by atoms with Crippen molar-refractivity contribution in [3.8, 4) is 0 Å². The van der Waals surface area contributed by atoms with Crippen LogP contribution in [0.4, 0.5) is 4.39 Å². The summed E-state index contributed by atoms with van der Waals surface area (Å²) in [4.78, 5) is 22.9. The molecule has 0 unspecified atom stereocenters. The molecule has 0 saturated carbocycles. The highest BCUT2D eigenvalue weighted by molar-refractivity contribution is 5.78. The van der Waals surface area contributed by atoms with Gasteiger partial charge in [-0.25, -0.2) is 4.39 Å². The molecule has 110 valence electrons. The molecule has 0 fully saturated rings. The van der Waals surface area contributed by atoms with Crippen molar-refractivity contribution >= 4 is 11.9 Å². The number of halogens is 1. The Hall–Kier alpha value is -1.91. The lowest BCUT2D eigenvalue weighted by molar-refractivity contribution is -0.149. The monoisotopic (exact) mass is 281 g/mol. The van der Waals surface area contributed by atoms with E-state index in [1.807, 2.05) is 6.07 Å². The zero-order valence-electron chi connectivity index (χ0n) is 11.9. The molecule has 5 heteroatoms. The fourth-order valence-corrected chi connectivity index (χ4v) is 1.75. The molecule has 1 aromatic rings. The van der Waals surface area contributed by atoms with E-state index in [0.717, 1.165) is 0 Å². The SMILES string of the molecule is CC(=O)O[C@H](c1ccccc1)[C@@H](CF)NC(=O)C(C)C. The number of carbonyl (C=O) groups is 2. The van der Waals surface area contributed by atoms with Crippen molar-refractivity contribution in [2.75, 3.05) is 6.67 Å². The third-order valence-corrected chi connectivity index (χ3v) is 2.80. The standard InChI is InChI=1S/C15H20FNO3/c1-10(2)15(19)17-13(9-16)14(20-11(3)18)12-7-5-4-6-8-12/h4-8,10,13-14H,9H2,1-3H3,(H,17,19)/t13-,14-/m1/s1. The predicted molar refractivity (Wildman–Crippen MR) is 73.7 cm³/mol. The Balaban J connectivity index is 2.95. The summed E-state index contributed by atoms with van der Waals surface area (Å²) in [6, 6.07) is 7.92. The zero-order chi connectivity index (χ0) is 15.1. The Labute approximate surface area is 118 Å². The molecule has 0 aliphatic rings. The summed E-state index contributed by atoms with van der Waals surface area (Å²) < 4.78 is 18.4. The molecule has 4 nitrogen and oxygen atoms in total. The van der Waals surface area contributed by atoms with Crippen LogP contribution in [0.15, 0.2) is 30.3 Å². The summed E-state index contributed by atoms with van der Waals surface area (Å²) in [6.07, 6.45) is -0.832. The number of nitrogens with one attached hydrogen (secondary N) is 1. The molecule has 0 aliphatic heterocycles. The molecular formula is C15H20FNO3. The van der Waals surface area contributed by atoms with E-state index in [2.05, 4.69) is 5.32 Å². The second-order valence-electron chi connectivity index (χ2n) is 4.86. The molecule has 2 atom stereocenters. The van der Waals surface area contributed by atoms with Crippen LogP contribution in [-0.2, 0) is 14.3 Å². The maximum absolute atomic E-state index is 13.3. The average molecular weight is 281 g/mol. The van der Waals surface area contributed by atoms with Crippen molar-refractivity contribution in [1.29, 1.82) is 0 Å². The second kappa shape index (κ2) is 7.62. The Morgan fingerprint density at radius 1 is 1.25 bits per heavy atom. The van der Waals surface area contributed by atoms with E-state index in [9.17, 15) is 14.0 Å². The fourth-order valence-electron chi connectivity index (χ4n) is 1.75. The van der Waals surface area contributed by atoms with E-state index in [4.69, 9.17) is 4.74 Å². The van der Waals surface area contributed by atoms with Gasteiger partial charge in [-0.3, -0.25) is 9.59 Å². The van der Waals surface area contributed by atoms with Crippen LogP contribution in [0.2, 0.25) is 0 Å². The fraction of sp³-hybridized carbons (Fsp3) is 0.467. The van der Waals surface area contributed by atoms with Gasteiger partial charge in [-0.05, 0) is 5.56 Å². The number of esters is 1. The molecule has 0 spiro atoms. The Kier molecular flexibility index (Phi) is 6.15. The molecule has 0 saturated heterocycles. The van der Waals surface area contributed by atoms with Crippen molar-refractivity contribution in [3.63, 3.8) is 0 Å². The molecule has 1 aromatic carbocycles. The molecule has 1 amide bonds. The predicted octanol–water partition coefficient (Wildman–Crippen LogP) is 2.40. The van der Waals surface area contributed by atoms with Crippen molar-refractivity contribution in [2.24, 2.45) is 5.92 Å². The molecule has 0 aromatic heterocycles. The highest BCUT2D eigenvalue weighted by Crippen LogP contribution is 2.22. The lowest BCUT2D eigenvalue weighted by Crippen LogP contribution is -2.44. The lowest BCUT2D eigenvalue weighted by Gasteiger charge is -2.26. The number of amides is 1. The average Bonchev–Trinajstić information content (AvgIpc) is 2.42. The van der Waals surface area contributed by atoms with Crippen LogP contribution in [-0.4, -0.2) is 24.6 Å². The van der Waals surface area contributed by atoms with E-state index >= 15 is 0 Å². The summed E-state index contributed by atoms with van der Waals surface area (Å²) in [5, 5.41) is 2.58. The topological polar surface area (TPSA) is 55.4 Å². The van der Waals surface area contributed by atoms with Gasteiger partial charge in [0.05, 0.1) is 6.04 Å². The zero-order valence-corrected chi connectivity index (χ0v) is 11.9. The Bertz CT molecular complexity index is 448. The number of hydrogen-bond donors (Lipinski definition) is 1. The summed E-state index contributed by atoms with van der Waals surface area (Å²) >= 11 is 0. The minimum atomic E-state index is -0.892. The molecular weight excluding hydrogens is 261 g/mol. The number of hydrogen-bond acceptors (Lipinski definition) is 3. The second-order valence-corrected chi connectivity index (χ2v) is 4.86. The van der Waals surface area contributed by atoms with Gasteiger partial charge < -0.3 is 10.1 Å². The van der Waals surface area contributed by atoms with Crippen LogP contribution >= 0.6 is 0 Å². The number of ether oxygens (including phenoxy) is 1. The van der Waals surface area contributed by atoms with Crippen molar-refractivity contribution < 1.29 is 18.7 Å². The number of benzene rings is 1. The van der Waals surface area contributed by atoms with Gasteiger partial charge in [0.1, 0.15) is 12.8 Å². The quantitative estimate of drug-likeness (QED) is 0.815. The first-order chi connectivity index (χ1) is 9.45. The third kappa shape index (κ3) is 4.64. The summed E-state index contributed by atoms with van der Waals surface area (Å²) in [5.74, 6) is -1.06. The van der Waals surface area contributed by atoms with Gasteiger partial charge in [-0.15, -0.1) is 0 Å². The maximum Gasteiger partial charge on any atom is 0.303 e. The number of alkyl halides is 1. The van der Waals surface area contributed by atoms with E-state index in [1.165, 1.54) is 6.92 Å². The van der Waals surface area contributed by atoms with E-state index in [0.29, 0.717) is 5.56 Å². The third-order valence-electron chi connectivity index (χ3n) is 2.80. The van der Waals surface area contributed by atoms with Gasteiger partial charge in [-0.2, -0.15) is 0 Å². The minimum Gasteiger partial charge on any atom is -0.455 e. The van der Waals surface area contributed by atoms with Gasteiger partial charge in [0.2, 0.25) is 5.91 Å². The molecule has 0 radical (unpaired) electrons. The molecule has 0 heterocycles. The summed E-state index contributed by atoms with van der Waals surface area (Å²) in [7, 11) is 0. The first-order valence-electron chi connectivity index (χ1n) is 6.54. The smallest absolute Gasteiger partial charge is 0.303 e. The van der Waals surface area contributed by atoms with Crippen LogP contribution in [0, 0.1) is 5.92 Å². The Morgan fingerprint density at radius 2 is 1.85 bits per heavy atom. The molecule has 20 heavy (non-hydrogen) atoms. The first-order valence-corrected chi connectivity index (χ1v) is 6.54. The molecule has 1 rings (SSSR count). The van der Waals surface area contributed by atoms with E-state index in [-0.39, 0.29) is 11.8 Å². The van der Waals surface area contributed by atoms with E-state index in [1.54, 1.807) is 38.1 Å². The van der Waals surface area contributed by atoms with Crippen LogP contribution in [0.3, 0.4) is 0 Å². The molecule has 0 aliphatic carbocycles. The Morgan fingerprint density at radius 3 is 2.30 bits per heavy atom. The normalized spacial score (nSPS) is 13.7.